The van der Waals surface area contributed by atoms with Crippen LogP contribution in [-0.2, 0) is 6.42 Å². The number of halogens is 1. The summed E-state index contributed by atoms with van der Waals surface area (Å²) in [6.07, 6.45) is 6.50. The summed E-state index contributed by atoms with van der Waals surface area (Å²) in [5, 5.41) is 10.4. The lowest BCUT2D eigenvalue weighted by Crippen LogP contribution is -2.43. The van der Waals surface area contributed by atoms with Crippen LogP contribution in [0.3, 0.4) is 0 Å². The third-order valence-electron chi connectivity index (χ3n) is 6.64. The van der Waals surface area contributed by atoms with Crippen molar-refractivity contribution in [2.24, 2.45) is 17.3 Å². The van der Waals surface area contributed by atoms with Crippen LogP contribution in [-0.4, -0.2) is 11.2 Å². The SMILES string of the molecule is CC12CCC3c4cc(F)ccc4CCC3C1CCC2O. The summed E-state index contributed by atoms with van der Waals surface area (Å²) in [7, 11) is 0. The highest BCUT2D eigenvalue weighted by Gasteiger charge is 2.54. The van der Waals surface area contributed by atoms with E-state index in [9.17, 15) is 9.50 Å². The second-order valence-electron chi connectivity index (χ2n) is 7.40. The van der Waals surface area contributed by atoms with Gasteiger partial charge in [-0.2, -0.15) is 0 Å². The van der Waals surface area contributed by atoms with Crippen LogP contribution < -0.4 is 0 Å². The van der Waals surface area contributed by atoms with Gasteiger partial charge in [0.15, 0.2) is 0 Å². The van der Waals surface area contributed by atoms with Crippen molar-refractivity contribution in [2.75, 3.05) is 0 Å². The molecule has 0 spiro atoms. The van der Waals surface area contributed by atoms with Crippen molar-refractivity contribution in [1.29, 1.82) is 0 Å². The van der Waals surface area contributed by atoms with E-state index in [1.807, 2.05) is 6.07 Å². The van der Waals surface area contributed by atoms with Gasteiger partial charge >= 0.3 is 0 Å². The molecule has 2 heteroatoms. The Hall–Kier alpha value is -0.890. The van der Waals surface area contributed by atoms with Gasteiger partial charge in [0.25, 0.3) is 0 Å². The van der Waals surface area contributed by atoms with Gasteiger partial charge in [0.1, 0.15) is 5.82 Å². The highest BCUT2D eigenvalue weighted by atomic mass is 19.1. The molecule has 5 unspecified atom stereocenters. The summed E-state index contributed by atoms with van der Waals surface area (Å²) in [5.74, 6) is 1.72. The Kier molecular flexibility index (Phi) is 2.76. The molecule has 0 bridgehead atoms. The van der Waals surface area contributed by atoms with E-state index in [1.165, 1.54) is 17.5 Å². The first-order valence-electron chi connectivity index (χ1n) is 8.06. The third-order valence-corrected chi connectivity index (χ3v) is 6.64. The molecule has 20 heavy (non-hydrogen) atoms. The predicted molar refractivity (Wildman–Crippen MR) is 77.0 cm³/mol. The van der Waals surface area contributed by atoms with Crippen LogP contribution >= 0.6 is 0 Å². The fraction of sp³-hybridized carbons (Fsp3) is 0.667. The Bertz CT molecular complexity index is 540. The molecule has 0 aliphatic heterocycles. The topological polar surface area (TPSA) is 20.2 Å². The molecule has 1 nitrogen and oxygen atoms in total. The Labute approximate surface area is 120 Å². The molecule has 0 aromatic heterocycles. The van der Waals surface area contributed by atoms with Gasteiger partial charge < -0.3 is 5.11 Å². The van der Waals surface area contributed by atoms with Crippen LogP contribution in [0.25, 0.3) is 0 Å². The normalized spacial score (nSPS) is 42.8. The van der Waals surface area contributed by atoms with E-state index in [2.05, 4.69) is 6.92 Å². The van der Waals surface area contributed by atoms with E-state index < -0.39 is 0 Å². The molecule has 1 aromatic rings. The smallest absolute Gasteiger partial charge is 0.123 e. The average molecular weight is 274 g/mol. The number of aliphatic hydroxyl groups is 1. The van der Waals surface area contributed by atoms with Crippen molar-refractivity contribution in [3.63, 3.8) is 0 Å². The minimum absolute atomic E-state index is 0.0933. The van der Waals surface area contributed by atoms with E-state index >= 15 is 0 Å². The molecule has 2 fully saturated rings. The second kappa shape index (κ2) is 4.30. The minimum Gasteiger partial charge on any atom is -0.393 e. The van der Waals surface area contributed by atoms with Gasteiger partial charge in [0.2, 0.25) is 0 Å². The third kappa shape index (κ3) is 1.64. The van der Waals surface area contributed by atoms with Crippen LogP contribution in [0.1, 0.15) is 56.1 Å². The summed E-state index contributed by atoms with van der Waals surface area (Å²) < 4.78 is 13.6. The standard InChI is InChI=1S/C18H23FO/c1-18-9-8-13-14(16(18)6-7-17(18)20)5-3-11-2-4-12(19)10-15(11)13/h2,4,10,13-14,16-17,20H,3,5-9H2,1H3. The number of hydrogen-bond acceptors (Lipinski definition) is 1. The zero-order chi connectivity index (χ0) is 13.9. The van der Waals surface area contributed by atoms with Crippen LogP contribution in [0.5, 0.6) is 0 Å². The lowest BCUT2D eigenvalue weighted by molar-refractivity contribution is -0.0226. The quantitative estimate of drug-likeness (QED) is 0.757. The number of rotatable bonds is 0. The molecule has 108 valence electrons. The van der Waals surface area contributed by atoms with E-state index in [1.54, 1.807) is 12.1 Å². The van der Waals surface area contributed by atoms with Gasteiger partial charge in [-0.3, -0.25) is 0 Å². The highest BCUT2D eigenvalue weighted by Crippen LogP contribution is 2.60. The maximum atomic E-state index is 13.6. The Balaban J connectivity index is 1.73. The molecule has 3 aliphatic rings. The Morgan fingerprint density at radius 2 is 2.05 bits per heavy atom. The van der Waals surface area contributed by atoms with E-state index in [4.69, 9.17) is 0 Å². The van der Waals surface area contributed by atoms with Crippen LogP contribution in [0.2, 0.25) is 0 Å². The second-order valence-corrected chi connectivity index (χ2v) is 7.40. The fourth-order valence-corrected chi connectivity index (χ4v) is 5.51. The van der Waals surface area contributed by atoms with Crippen molar-refractivity contribution < 1.29 is 9.50 Å². The molecule has 0 radical (unpaired) electrons. The van der Waals surface area contributed by atoms with Crippen LogP contribution in [0.4, 0.5) is 4.39 Å². The zero-order valence-electron chi connectivity index (χ0n) is 12.1. The van der Waals surface area contributed by atoms with Crippen molar-refractivity contribution in [3.8, 4) is 0 Å². The Morgan fingerprint density at radius 3 is 2.90 bits per heavy atom. The summed E-state index contributed by atoms with van der Waals surface area (Å²) in [6, 6.07) is 5.36. The predicted octanol–water partition coefficient (Wildman–Crippen LogP) is 4.04. The lowest BCUT2D eigenvalue weighted by Gasteiger charge is -2.50. The molecule has 0 heterocycles. The summed E-state index contributed by atoms with van der Waals surface area (Å²) in [4.78, 5) is 0. The number of aliphatic hydroxyl groups excluding tert-OH is 1. The zero-order valence-corrected chi connectivity index (χ0v) is 12.1. The van der Waals surface area contributed by atoms with Crippen LogP contribution in [0.15, 0.2) is 18.2 Å². The van der Waals surface area contributed by atoms with Gasteiger partial charge in [0, 0.05) is 0 Å². The molecule has 2 saturated carbocycles. The first-order chi connectivity index (χ1) is 9.59. The van der Waals surface area contributed by atoms with Gasteiger partial charge in [-0.1, -0.05) is 13.0 Å². The molecule has 1 aromatic carbocycles. The molecule has 1 N–H and O–H groups in total. The summed E-state index contributed by atoms with van der Waals surface area (Å²) in [5.41, 5.74) is 2.74. The van der Waals surface area contributed by atoms with Crippen molar-refractivity contribution in [1.82, 2.24) is 0 Å². The lowest BCUT2D eigenvalue weighted by atomic mass is 9.55. The molecular formula is C18H23FO. The monoisotopic (exact) mass is 274 g/mol. The fourth-order valence-electron chi connectivity index (χ4n) is 5.51. The van der Waals surface area contributed by atoms with Crippen molar-refractivity contribution >= 4 is 0 Å². The number of hydrogen-bond donors (Lipinski definition) is 1. The van der Waals surface area contributed by atoms with Gasteiger partial charge in [0.05, 0.1) is 6.10 Å². The average Bonchev–Trinajstić information content (AvgIpc) is 2.74. The number of benzene rings is 1. The first-order valence-corrected chi connectivity index (χ1v) is 8.06. The molecule has 3 aliphatic carbocycles. The van der Waals surface area contributed by atoms with E-state index in [-0.39, 0.29) is 17.3 Å². The first kappa shape index (κ1) is 12.8. The number of fused-ring (bicyclic) bond motifs is 5. The minimum atomic E-state index is -0.123. The van der Waals surface area contributed by atoms with Gasteiger partial charge in [-0.25, -0.2) is 4.39 Å². The molecular weight excluding hydrogens is 251 g/mol. The highest BCUT2D eigenvalue weighted by molar-refractivity contribution is 5.35. The number of aryl methyl sites for hydroxylation is 1. The largest absolute Gasteiger partial charge is 0.393 e. The maximum Gasteiger partial charge on any atom is 0.123 e. The van der Waals surface area contributed by atoms with E-state index in [0.29, 0.717) is 17.8 Å². The molecule has 5 atom stereocenters. The van der Waals surface area contributed by atoms with Crippen molar-refractivity contribution in [2.45, 2.75) is 57.5 Å². The molecule has 4 rings (SSSR count). The molecule has 0 amide bonds. The maximum absolute atomic E-state index is 13.6. The van der Waals surface area contributed by atoms with Crippen molar-refractivity contribution in [3.05, 3.63) is 35.1 Å². The molecule has 0 saturated heterocycles. The summed E-state index contributed by atoms with van der Waals surface area (Å²) in [6.45, 7) is 2.28. The summed E-state index contributed by atoms with van der Waals surface area (Å²) >= 11 is 0. The van der Waals surface area contributed by atoms with Gasteiger partial charge in [-0.15, -0.1) is 0 Å². The van der Waals surface area contributed by atoms with Gasteiger partial charge in [-0.05, 0) is 85.0 Å². The van der Waals surface area contributed by atoms with E-state index in [0.717, 1.165) is 32.1 Å². The Morgan fingerprint density at radius 1 is 1.20 bits per heavy atom. The van der Waals surface area contributed by atoms with Crippen LogP contribution in [0, 0.1) is 23.1 Å².